The smallest absolute Gasteiger partial charge is 0.310 e. The second-order valence-corrected chi connectivity index (χ2v) is 2.97. The van der Waals surface area contributed by atoms with Crippen molar-refractivity contribution in [3.8, 4) is 0 Å². The molecule has 0 fully saturated rings. The summed E-state index contributed by atoms with van der Waals surface area (Å²) in [6.45, 7) is 0. The number of nitrogens with one attached hydrogen (secondary N) is 1. The van der Waals surface area contributed by atoms with Gasteiger partial charge in [0.2, 0.25) is 5.39 Å². The second kappa shape index (κ2) is 2.82. The van der Waals surface area contributed by atoms with E-state index in [1.807, 2.05) is 18.2 Å². The van der Waals surface area contributed by atoms with E-state index in [2.05, 4.69) is 16.4 Å². The molecule has 0 amide bonds. The molecule has 1 heterocycles. The Morgan fingerprint density at radius 3 is 3.08 bits per heavy atom. The van der Waals surface area contributed by atoms with Crippen LogP contribution in [-0.4, -0.2) is 6.17 Å². The molecule has 1 atom stereocenters. The zero-order valence-electron chi connectivity index (χ0n) is 6.70. The Kier molecular flexibility index (Phi) is 1.67. The normalized spacial score (nSPS) is 20.4. The van der Waals surface area contributed by atoms with Crippen molar-refractivity contribution in [2.75, 3.05) is 5.32 Å². The first-order valence-corrected chi connectivity index (χ1v) is 4.09. The third-order valence-corrected chi connectivity index (χ3v) is 2.17. The molecule has 1 aliphatic heterocycles. The zero-order valence-corrected chi connectivity index (χ0v) is 6.70. The lowest BCUT2D eigenvalue weighted by molar-refractivity contribution is 0.718. The first kappa shape index (κ1) is 7.11. The van der Waals surface area contributed by atoms with Crippen LogP contribution >= 0.6 is 0 Å². The van der Waals surface area contributed by atoms with Gasteiger partial charge in [0, 0.05) is 5.69 Å². The fourth-order valence-corrected chi connectivity index (χ4v) is 1.51. The van der Waals surface area contributed by atoms with E-state index < -0.39 is 0 Å². The van der Waals surface area contributed by atoms with Gasteiger partial charge in [-0.2, -0.15) is 0 Å². The highest BCUT2D eigenvalue weighted by Gasteiger charge is 2.24. The Morgan fingerprint density at radius 1 is 1.42 bits per heavy atom. The van der Waals surface area contributed by atoms with E-state index in [0.717, 1.165) is 18.5 Å². The fraction of sp³-hybridized carbons (Fsp3) is 0.333. The van der Waals surface area contributed by atoms with Gasteiger partial charge in [-0.1, -0.05) is 18.2 Å². The van der Waals surface area contributed by atoms with Gasteiger partial charge in [-0.25, -0.2) is 0 Å². The highest BCUT2D eigenvalue weighted by molar-refractivity contribution is 5.53. The third kappa shape index (κ3) is 1.12. The number of benzene rings is 1. The van der Waals surface area contributed by atoms with Gasteiger partial charge < -0.3 is 5.32 Å². The highest BCUT2D eigenvalue weighted by Crippen LogP contribution is 2.24. The van der Waals surface area contributed by atoms with Crippen molar-refractivity contribution in [2.45, 2.75) is 19.0 Å². The van der Waals surface area contributed by atoms with Crippen molar-refractivity contribution in [2.24, 2.45) is 0 Å². The summed E-state index contributed by atoms with van der Waals surface area (Å²) >= 11 is 0. The summed E-state index contributed by atoms with van der Waals surface area (Å²) in [6, 6.07) is 8.10. The summed E-state index contributed by atoms with van der Waals surface area (Å²) in [7, 11) is 0. The Morgan fingerprint density at radius 2 is 2.25 bits per heavy atom. The van der Waals surface area contributed by atoms with E-state index >= 15 is 0 Å². The molecule has 1 unspecified atom stereocenters. The van der Waals surface area contributed by atoms with Gasteiger partial charge in [-0.05, 0) is 18.1 Å². The maximum atomic E-state index is 8.58. The molecule has 1 aromatic carbocycles. The Hall–Kier alpha value is -1.56. The van der Waals surface area contributed by atoms with Crippen LogP contribution in [0.4, 0.5) is 5.69 Å². The lowest BCUT2D eigenvalue weighted by atomic mass is 10.0. The summed E-state index contributed by atoms with van der Waals surface area (Å²) in [6.07, 6.45) is 1.73. The number of para-hydroxylation sites is 1. The van der Waals surface area contributed by atoms with Crippen LogP contribution in [0.2, 0.25) is 0 Å². The molecule has 1 N–H and O–H groups in total. The van der Waals surface area contributed by atoms with Crippen molar-refractivity contribution in [3.63, 3.8) is 0 Å². The predicted octanol–water partition coefficient (Wildman–Crippen LogP) is 2.22. The molecule has 3 heteroatoms. The largest absolute Gasteiger partial charge is 0.387 e. The molecule has 0 saturated carbocycles. The Balaban J connectivity index is 2.30. The summed E-state index contributed by atoms with van der Waals surface area (Å²) in [4.78, 5) is 3.24. The summed E-state index contributed by atoms with van der Waals surface area (Å²) < 4.78 is 0. The zero-order chi connectivity index (χ0) is 8.39. The molecule has 3 nitrogen and oxygen atoms in total. The molecule has 0 saturated heterocycles. The van der Waals surface area contributed by atoms with Crippen LogP contribution in [0.5, 0.6) is 0 Å². The van der Waals surface area contributed by atoms with Crippen molar-refractivity contribution in [3.05, 3.63) is 34.8 Å². The van der Waals surface area contributed by atoms with Crippen LogP contribution in [0, 0.1) is 5.39 Å². The van der Waals surface area contributed by atoms with Crippen LogP contribution in [0.15, 0.2) is 24.3 Å². The number of nitrogens with zero attached hydrogens (tertiary/aromatic N) is 2. The molecular formula is C9H10N3+. The number of fused-ring (bicyclic) bond motifs is 1. The number of rotatable bonds is 0. The second-order valence-electron chi connectivity index (χ2n) is 2.97. The molecule has 60 valence electrons. The first-order valence-electron chi connectivity index (χ1n) is 4.09. The predicted molar refractivity (Wildman–Crippen MR) is 47.3 cm³/mol. The topological polar surface area (TPSA) is 40.2 Å². The number of hydrogen-bond donors (Lipinski definition) is 1. The molecule has 12 heavy (non-hydrogen) atoms. The molecule has 1 aliphatic rings. The van der Waals surface area contributed by atoms with Gasteiger partial charge in [0.1, 0.15) is 4.98 Å². The fourth-order valence-electron chi connectivity index (χ4n) is 1.51. The maximum Gasteiger partial charge on any atom is 0.387 e. The average molecular weight is 160 g/mol. The van der Waals surface area contributed by atoms with Gasteiger partial charge in [0.05, 0.1) is 6.42 Å². The van der Waals surface area contributed by atoms with Crippen LogP contribution < -0.4 is 5.32 Å². The quantitative estimate of drug-likeness (QED) is 0.591. The van der Waals surface area contributed by atoms with Gasteiger partial charge in [-0.3, -0.25) is 0 Å². The van der Waals surface area contributed by atoms with Crippen molar-refractivity contribution >= 4 is 5.69 Å². The minimum atomic E-state index is -0.125. The van der Waals surface area contributed by atoms with Gasteiger partial charge >= 0.3 is 6.17 Å². The van der Waals surface area contributed by atoms with E-state index in [0.29, 0.717) is 0 Å². The van der Waals surface area contributed by atoms with E-state index in [-0.39, 0.29) is 6.17 Å². The minimum Gasteiger partial charge on any atom is -0.310 e. The van der Waals surface area contributed by atoms with Crippen molar-refractivity contribution in [1.82, 2.24) is 0 Å². The van der Waals surface area contributed by atoms with Gasteiger partial charge in [0.25, 0.3) is 0 Å². The standard InChI is InChI=1S/C9H10N3/c10-12-9-6-5-7-3-1-2-4-8(7)11-9/h1-4,9,11H,5-6H2/q+1. The van der Waals surface area contributed by atoms with E-state index in [9.17, 15) is 0 Å². The third-order valence-electron chi connectivity index (χ3n) is 2.17. The van der Waals surface area contributed by atoms with Crippen LogP contribution in [0.1, 0.15) is 12.0 Å². The average Bonchev–Trinajstić information content (AvgIpc) is 2.17. The number of diazo groups is 1. The van der Waals surface area contributed by atoms with E-state index in [1.165, 1.54) is 5.56 Å². The van der Waals surface area contributed by atoms with Crippen LogP contribution in [0.3, 0.4) is 0 Å². The molecule has 0 bridgehead atoms. The first-order chi connectivity index (χ1) is 5.90. The molecule has 0 aliphatic carbocycles. The van der Waals surface area contributed by atoms with Gasteiger partial charge in [-0.15, -0.1) is 0 Å². The monoisotopic (exact) mass is 160 g/mol. The molecule has 0 spiro atoms. The summed E-state index contributed by atoms with van der Waals surface area (Å²) in [5.74, 6) is 0. The van der Waals surface area contributed by atoms with Gasteiger partial charge in [0.15, 0.2) is 0 Å². The van der Waals surface area contributed by atoms with Crippen molar-refractivity contribution in [1.29, 1.82) is 5.39 Å². The minimum absolute atomic E-state index is 0.125. The lowest BCUT2D eigenvalue weighted by Crippen LogP contribution is -2.21. The highest BCUT2D eigenvalue weighted by atomic mass is 15.1. The lowest BCUT2D eigenvalue weighted by Gasteiger charge is -2.15. The van der Waals surface area contributed by atoms with E-state index in [4.69, 9.17) is 5.39 Å². The van der Waals surface area contributed by atoms with Crippen LogP contribution in [0.25, 0.3) is 4.98 Å². The molecule has 0 aromatic heterocycles. The van der Waals surface area contributed by atoms with Crippen LogP contribution in [-0.2, 0) is 6.42 Å². The molecule has 2 rings (SSSR count). The number of hydrogen-bond acceptors (Lipinski definition) is 2. The molecule has 0 radical (unpaired) electrons. The number of aryl methyl sites for hydroxylation is 1. The molecule has 1 aromatic rings. The molecular weight excluding hydrogens is 150 g/mol. The summed E-state index contributed by atoms with van der Waals surface area (Å²) in [5.41, 5.74) is 2.39. The SMILES string of the molecule is N#[N+]C1CCc2ccccc2N1. The maximum absolute atomic E-state index is 8.58. The Bertz CT molecular complexity index is 327. The Labute approximate surface area is 71.0 Å². The number of anilines is 1. The van der Waals surface area contributed by atoms with Crippen molar-refractivity contribution < 1.29 is 0 Å². The summed E-state index contributed by atoms with van der Waals surface area (Å²) in [5, 5.41) is 11.7. The van der Waals surface area contributed by atoms with E-state index in [1.54, 1.807) is 0 Å².